The number of halogens is 1. The Morgan fingerprint density at radius 2 is 0.635 bits per heavy atom. The van der Waals surface area contributed by atoms with Crippen LogP contribution in [-0.2, 0) is 49.5 Å². The number of benzene rings is 8. The van der Waals surface area contributed by atoms with Gasteiger partial charge in [0.2, 0.25) is 30.1 Å². The summed E-state index contributed by atoms with van der Waals surface area (Å²) in [7, 11) is -9.51. The Morgan fingerprint density at radius 3 is 1.00 bits per heavy atom. The summed E-state index contributed by atoms with van der Waals surface area (Å²) in [4.78, 5) is 40.0. The van der Waals surface area contributed by atoms with Crippen molar-refractivity contribution in [3.05, 3.63) is 216 Å². The fourth-order valence-corrected chi connectivity index (χ4v) is 13.4. The van der Waals surface area contributed by atoms with Crippen LogP contribution in [0.25, 0.3) is 133 Å². The molecular weight excluding hydrogens is 1300 g/mol. The van der Waals surface area contributed by atoms with Crippen LogP contribution in [-0.4, -0.2) is 85.8 Å². The van der Waals surface area contributed by atoms with Crippen LogP contribution in [0.15, 0.2) is 213 Å². The Balaban J connectivity index is 0.000000143. The van der Waals surface area contributed by atoms with Crippen molar-refractivity contribution in [1.29, 1.82) is 0 Å². The Labute approximate surface area is 513 Å². The smallest absolute Gasteiger partial charge is 0.357 e. The van der Waals surface area contributed by atoms with Gasteiger partial charge in [-0.15, -0.1) is 0 Å². The SMILES string of the molecule is CS(=O)(=O)n1ccc2ccccc21.CS(=O)(=O)n1ccc2ccccc21.CS(=O)(=O)n1ccc2ccccc21.Ic1cccc2cc3c4nc5nc(nc6[n-]c(nc7nc(nc([n-]4)c3cc12)-c1ccccc1-7)c1ccccc61)-c1ccccc1-5.[Zn+2]. The van der Waals surface area contributed by atoms with Crippen LogP contribution in [0.4, 0.5) is 0 Å². The molecule has 16 rings (SSSR count). The van der Waals surface area contributed by atoms with Crippen LogP contribution in [0.5, 0.6) is 0 Å². The molecule has 14 aromatic rings. The largest absolute Gasteiger partial charge is 2.00 e. The number of para-hydroxylation sites is 3. The molecule has 0 radical (unpaired) electrons. The number of hydrogen-bond donors (Lipinski definition) is 0. The molecule has 0 saturated carbocycles. The maximum Gasteiger partial charge on any atom is 2.00 e. The Morgan fingerprint density at radius 1 is 0.329 bits per heavy atom. The molecule has 8 bridgehead atoms. The van der Waals surface area contributed by atoms with Crippen molar-refractivity contribution in [3.8, 4) is 45.6 Å². The second-order valence-corrected chi connectivity index (χ2v) is 26.5. The molecule has 0 N–H and O–H groups in total. The van der Waals surface area contributed by atoms with Gasteiger partial charge in [0.1, 0.15) is 0 Å². The summed E-state index contributed by atoms with van der Waals surface area (Å²) in [5.41, 5.74) is 7.93. The third-order valence-corrected chi connectivity index (χ3v) is 18.2. The zero-order chi connectivity index (χ0) is 58.1. The first kappa shape index (κ1) is 56.7. The minimum atomic E-state index is -3.17. The van der Waals surface area contributed by atoms with E-state index in [4.69, 9.17) is 39.9 Å². The Kier molecular flexibility index (Phi) is 14.9. The van der Waals surface area contributed by atoms with Crippen LogP contribution >= 0.6 is 22.6 Å². The molecule has 0 unspecified atom stereocenters. The number of fused-ring (bicyclic) bond motifs is 24. The minimum absolute atomic E-state index is 0. The standard InChI is InChI=1S/C36H17IN8.3C9H9NO2S.Zn/c37-28-15-7-8-18-16-26-27(17-25(18)28)36-44-34-24-14-6-4-12-22(24)32(42-34)40-30-20-10-2-1-9-19(20)29(38-30)39-31-21-11-3-5-13-23(21)33(41-31)43-35(26)45-36;3*1-13(11,12)10-7-6-8-4-2-3-5-9(8)10;/h1-17H;3*2-7H,1H3;/q-2;;;;+2. The van der Waals surface area contributed by atoms with Crippen molar-refractivity contribution in [2.24, 2.45) is 0 Å². The van der Waals surface area contributed by atoms with Crippen LogP contribution in [0.2, 0.25) is 0 Å². The molecule has 0 saturated heterocycles. The van der Waals surface area contributed by atoms with Crippen LogP contribution in [0, 0.1) is 3.57 Å². The van der Waals surface area contributed by atoms with Gasteiger partial charge in [-0.05, 0) is 110 Å². The normalized spacial score (nSPS) is 12.0. The minimum Gasteiger partial charge on any atom is -0.357 e. The van der Waals surface area contributed by atoms with Crippen molar-refractivity contribution in [2.45, 2.75) is 0 Å². The molecule has 0 spiro atoms. The molecule has 6 aromatic heterocycles. The van der Waals surface area contributed by atoms with Gasteiger partial charge in [-0.25, -0.2) is 47.1 Å². The van der Waals surface area contributed by atoms with E-state index in [1.54, 1.807) is 55.0 Å². The first-order chi connectivity index (χ1) is 40.4. The molecule has 0 fully saturated rings. The average molecular weight is 1340 g/mol. The molecule has 2 aliphatic heterocycles. The number of hydrogen-bond acceptors (Lipinski definition) is 12. The first-order valence-corrected chi connectivity index (χ1v) is 32.6. The van der Waals surface area contributed by atoms with Crippen molar-refractivity contribution in [2.75, 3.05) is 18.8 Å². The molecule has 0 atom stereocenters. The van der Waals surface area contributed by atoms with Crippen LogP contribution in [0.1, 0.15) is 0 Å². The summed E-state index contributed by atoms with van der Waals surface area (Å²) in [6.07, 6.45) is 8.29. The summed E-state index contributed by atoms with van der Waals surface area (Å²) in [5, 5.41) is 8.62. The van der Waals surface area contributed by atoms with E-state index in [-0.39, 0.29) is 19.5 Å². The molecule has 17 nitrogen and oxygen atoms in total. The van der Waals surface area contributed by atoms with Gasteiger partial charge in [-0.3, -0.25) is 0 Å². The zero-order valence-electron chi connectivity index (χ0n) is 45.4. The van der Waals surface area contributed by atoms with E-state index in [0.29, 0.717) is 45.9 Å². The third kappa shape index (κ3) is 10.9. The fourth-order valence-electron chi connectivity index (χ4n) is 10.3. The fraction of sp³-hybridized carbons (Fsp3) is 0.0476. The maximum absolute atomic E-state index is 11.3. The van der Waals surface area contributed by atoms with Crippen molar-refractivity contribution < 1.29 is 44.7 Å². The monoisotopic (exact) mass is 1340 g/mol. The maximum atomic E-state index is 11.3. The van der Waals surface area contributed by atoms with E-state index in [0.717, 1.165) is 90.9 Å². The van der Waals surface area contributed by atoms with E-state index in [1.807, 2.05) is 127 Å². The first-order valence-electron chi connectivity index (χ1n) is 26.0. The van der Waals surface area contributed by atoms with Gasteiger partial charge in [0.25, 0.3) is 0 Å². The van der Waals surface area contributed by atoms with E-state index in [1.165, 1.54) is 30.7 Å². The Bertz CT molecular complexity index is 5300. The van der Waals surface area contributed by atoms with Gasteiger partial charge >= 0.3 is 19.5 Å². The number of nitrogens with zero attached hydrogens (tertiary/aromatic N) is 11. The van der Waals surface area contributed by atoms with Gasteiger partial charge in [0.15, 0.2) is 0 Å². The van der Waals surface area contributed by atoms with Gasteiger partial charge in [0.05, 0.1) is 58.6 Å². The predicted molar refractivity (Wildman–Crippen MR) is 341 cm³/mol. The molecule has 0 amide bonds. The van der Waals surface area contributed by atoms with Gasteiger partial charge < -0.3 is 29.9 Å². The molecule has 8 aromatic carbocycles. The summed E-state index contributed by atoms with van der Waals surface area (Å²) < 4.78 is 72.6. The quantitative estimate of drug-likeness (QED) is 0.119. The molecular formula is C63H44IN11O6S3Zn. The number of rotatable bonds is 3. The van der Waals surface area contributed by atoms with E-state index in [9.17, 15) is 25.3 Å². The van der Waals surface area contributed by atoms with Crippen molar-refractivity contribution in [1.82, 2.24) is 51.8 Å². The average Bonchev–Trinajstić information content (AvgIpc) is 2.71. The summed E-state index contributed by atoms with van der Waals surface area (Å²) in [6, 6.07) is 62.0. The third-order valence-electron chi connectivity index (χ3n) is 14.1. The van der Waals surface area contributed by atoms with Gasteiger partial charge in [-0.1, -0.05) is 140 Å². The molecule has 85 heavy (non-hydrogen) atoms. The van der Waals surface area contributed by atoms with Crippen molar-refractivity contribution >= 4 is 140 Å². The zero-order valence-corrected chi connectivity index (χ0v) is 53.0. The molecule has 8 heterocycles. The molecule has 2 aliphatic rings. The van der Waals surface area contributed by atoms with Crippen LogP contribution in [0.3, 0.4) is 0 Å². The second-order valence-electron chi connectivity index (χ2n) is 19.8. The summed E-state index contributed by atoms with van der Waals surface area (Å²) in [6.45, 7) is 0. The topological polar surface area (TPSA) is 223 Å². The van der Waals surface area contributed by atoms with E-state index in [2.05, 4.69) is 52.9 Å². The molecule has 22 heteroatoms. The molecule has 414 valence electrons. The van der Waals surface area contributed by atoms with Crippen molar-refractivity contribution in [3.63, 3.8) is 0 Å². The predicted octanol–water partition coefficient (Wildman–Crippen LogP) is 12.2. The Hall–Kier alpha value is -8.80. The second kappa shape index (κ2) is 22.3. The summed E-state index contributed by atoms with van der Waals surface area (Å²) >= 11 is 2.37. The number of aromatic nitrogens is 11. The van der Waals surface area contributed by atoms with Crippen LogP contribution < -0.4 is 9.97 Å². The van der Waals surface area contributed by atoms with E-state index < -0.39 is 30.1 Å². The van der Waals surface area contributed by atoms with Gasteiger partial charge in [-0.2, -0.15) is 0 Å². The molecule has 0 aliphatic carbocycles. The summed E-state index contributed by atoms with van der Waals surface area (Å²) in [5.74, 6) is 2.19. The van der Waals surface area contributed by atoms with E-state index >= 15 is 0 Å². The van der Waals surface area contributed by atoms with Gasteiger partial charge in [0, 0.05) is 83.2 Å².